The number of fused-ring (bicyclic) bond motifs is 1. The zero-order valence-corrected chi connectivity index (χ0v) is 16.3. The van der Waals surface area contributed by atoms with Crippen LogP contribution < -0.4 is 5.32 Å². The molecular formula is C24H28N2O2. The van der Waals surface area contributed by atoms with Crippen LogP contribution in [0.3, 0.4) is 0 Å². The minimum absolute atomic E-state index is 0.0851. The molecule has 0 radical (unpaired) electrons. The Morgan fingerprint density at radius 1 is 1.00 bits per heavy atom. The topological polar surface area (TPSA) is 49.4 Å². The first kappa shape index (κ1) is 18.7. The highest BCUT2D eigenvalue weighted by Crippen LogP contribution is 2.23. The highest BCUT2D eigenvalue weighted by molar-refractivity contribution is 5.84. The van der Waals surface area contributed by atoms with Crippen molar-refractivity contribution in [2.24, 2.45) is 5.92 Å². The molecule has 0 bridgehead atoms. The zero-order valence-electron chi connectivity index (χ0n) is 16.3. The Labute approximate surface area is 166 Å². The maximum Gasteiger partial charge on any atom is 0.225 e. The lowest BCUT2D eigenvalue weighted by atomic mass is 9.95. The first-order valence-electron chi connectivity index (χ1n) is 10.4. The van der Waals surface area contributed by atoms with Crippen molar-refractivity contribution in [2.45, 2.75) is 44.6 Å². The minimum atomic E-state index is -0.0851. The van der Waals surface area contributed by atoms with Gasteiger partial charge in [-0.15, -0.1) is 0 Å². The van der Waals surface area contributed by atoms with E-state index < -0.39 is 0 Å². The molecule has 1 N–H and O–H groups in total. The highest BCUT2D eigenvalue weighted by Gasteiger charge is 2.32. The number of carbonyl (C=O) groups excluding carboxylic acids is 2. The van der Waals surface area contributed by atoms with Crippen LogP contribution in [0.2, 0.25) is 0 Å². The molecule has 4 nitrogen and oxygen atoms in total. The Hall–Kier alpha value is -2.62. The number of benzene rings is 2. The molecule has 2 amide bonds. The minimum Gasteiger partial charge on any atom is -0.352 e. The van der Waals surface area contributed by atoms with Gasteiger partial charge in [0.25, 0.3) is 0 Å². The third-order valence-electron chi connectivity index (χ3n) is 6.00. The number of aryl methyl sites for hydroxylation is 1. The molecule has 2 aliphatic rings. The summed E-state index contributed by atoms with van der Waals surface area (Å²) in [6.07, 6.45) is 4.86. The Morgan fingerprint density at radius 2 is 1.68 bits per heavy atom. The molecular weight excluding hydrogens is 348 g/mol. The number of likely N-dealkylation sites (tertiary alicyclic amines) is 1. The Kier molecular flexibility index (Phi) is 5.75. The van der Waals surface area contributed by atoms with Gasteiger partial charge in [-0.1, -0.05) is 54.6 Å². The number of rotatable bonds is 6. The van der Waals surface area contributed by atoms with Gasteiger partial charge in [0.1, 0.15) is 0 Å². The largest absolute Gasteiger partial charge is 0.352 e. The van der Waals surface area contributed by atoms with Crippen molar-refractivity contribution in [1.82, 2.24) is 10.2 Å². The van der Waals surface area contributed by atoms with Crippen molar-refractivity contribution in [3.63, 3.8) is 0 Å². The van der Waals surface area contributed by atoms with E-state index in [1.165, 1.54) is 16.7 Å². The molecule has 1 saturated heterocycles. The second-order valence-electron chi connectivity index (χ2n) is 8.05. The van der Waals surface area contributed by atoms with Gasteiger partial charge in [-0.3, -0.25) is 9.59 Å². The summed E-state index contributed by atoms with van der Waals surface area (Å²) >= 11 is 0. The molecule has 28 heavy (non-hydrogen) atoms. The molecule has 0 aromatic heterocycles. The second-order valence-corrected chi connectivity index (χ2v) is 8.05. The molecule has 2 aromatic carbocycles. The van der Waals surface area contributed by atoms with E-state index in [0.717, 1.165) is 32.2 Å². The summed E-state index contributed by atoms with van der Waals surface area (Å²) < 4.78 is 0. The highest BCUT2D eigenvalue weighted by atomic mass is 16.2. The van der Waals surface area contributed by atoms with Crippen LogP contribution in [-0.2, 0) is 28.9 Å². The smallest absolute Gasteiger partial charge is 0.225 e. The van der Waals surface area contributed by atoms with E-state index in [2.05, 4.69) is 41.7 Å². The molecule has 4 rings (SSSR count). The van der Waals surface area contributed by atoms with Crippen molar-refractivity contribution in [3.05, 3.63) is 71.3 Å². The maximum absolute atomic E-state index is 12.8. The normalized spacial score (nSPS) is 19.5. The van der Waals surface area contributed by atoms with Gasteiger partial charge in [-0.25, -0.2) is 0 Å². The standard InChI is InChI=1S/C24H28N2O2/c27-23-13-12-21(17-26(23)14-6-9-18-7-2-1-3-8-18)24(28)25-22-15-19-10-4-5-11-20(19)16-22/h1-5,7-8,10-11,21-22H,6,9,12-17H2,(H,25,28)/t21-/m0/s1. The lowest BCUT2D eigenvalue weighted by molar-refractivity contribution is -0.138. The zero-order chi connectivity index (χ0) is 19.3. The van der Waals surface area contributed by atoms with E-state index in [-0.39, 0.29) is 23.8 Å². The quantitative estimate of drug-likeness (QED) is 0.842. The number of hydrogen-bond donors (Lipinski definition) is 1. The third kappa shape index (κ3) is 4.44. The Bertz CT molecular complexity index is 809. The van der Waals surface area contributed by atoms with E-state index >= 15 is 0 Å². The molecule has 146 valence electrons. The summed E-state index contributed by atoms with van der Waals surface area (Å²) in [6, 6.07) is 18.9. The lowest BCUT2D eigenvalue weighted by Gasteiger charge is -2.32. The van der Waals surface area contributed by atoms with Crippen molar-refractivity contribution in [3.8, 4) is 0 Å². The predicted molar refractivity (Wildman–Crippen MR) is 110 cm³/mol. The van der Waals surface area contributed by atoms with Crippen LogP contribution in [-0.4, -0.2) is 35.8 Å². The molecule has 0 saturated carbocycles. The number of hydrogen-bond acceptors (Lipinski definition) is 2. The average Bonchev–Trinajstić information content (AvgIpc) is 3.12. The second kappa shape index (κ2) is 8.59. The molecule has 1 atom stereocenters. The van der Waals surface area contributed by atoms with Crippen LogP contribution in [0.5, 0.6) is 0 Å². The SMILES string of the molecule is O=C(NC1Cc2ccccc2C1)[C@H]1CCC(=O)N(CCCc2ccccc2)C1. The summed E-state index contributed by atoms with van der Waals surface area (Å²) in [5.41, 5.74) is 3.98. The summed E-state index contributed by atoms with van der Waals surface area (Å²) in [5.74, 6) is 0.210. The van der Waals surface area contributed by atoms with Gasteiger partial charge in [0.2, 0.25) is 11.8 Å². The van der Waals surface area contributed by atoms with Gasteiger partial charge < -0.3 is 10.2 Å². The fraction of sp³-hybridized carbons (Fsp3) is 0.417. The van der Waals surface area contributed by atoms with Crippen molar-refractivity contribution >= 4 is 11.8 Å². The first-order valence-corrected chi connectivity index (χ1v) is 10.4. The molecule has 1 fully saturated rings. The molecule has 2 aromatic rings. The molecule has 4 heteroatoms. The monoisotopic (exact) mass is 376 g/mol. The van der Waals surface area contributed by atoms with E-state index in [1.54, 1.807) is 0 Å². The average molecular weight is 377 g/mol. The van der Waals surface area contributed by atoms with Crippen LogP contribution in [0.15, 0.2) is 54.6 Å². The number of carbonyl (C=O) groups is 2. The van der Waals surface area contributed by atoms with Gasteiger partial charge in [0.05, 0.1) is 5.92 Å². The van der Waals surface area contributed by atoms with Crippen molar-refractivity contribution in [1.29, 1.82) is 0 Å². The maximum atomic E-state index is 12.8. The number of nitrogens with one attached hydrogen (secondary N) is 1. The van der Waals surface area contributed by atoms with E-state index in [9.17, 15) is 9.59 Å². The van der Waals surface area contributed by atoms with Crippen LogP contribution >= 0.6 is 0 Å². The van der Waals surface area contributed by atoms with Gasteiger partial charge in [0.15, 0.2) is 0 Å². The fourth-order valence-corrected chi connectivity index (χ4v) is 4.44. The van der Waals surface area contributed by atoms with Crippen LogP contribution in [0, 0.1) is 5.92 Å². The molecule has 0 spiro atoms. The van der Waals surface area contributed by atoms with Gasteiger partial charge in [-0.2, -0.15) is 0 Å². The first-order chi connectivity index (χ1) is 13.7. The summed E-state index contributed by atoms with van der Waals surface area (Å²) in [5, 5.41) is 3.24. The Balaban J connectivity index is 1.27. The summed E-state index contributed by atoms with van der Waals surface area (Å²) in [4.78, 5) is 27.0. The summed E-state index contributed by atoms with van der Waals surface area (Å²) in [7, 11) is 0. The lowest BCUT2D eigenvalue weighted by Crippen LogP contribution is -2.48. The van der Waals surface area contributed by atoms with Crippen molar-refractivity contribution < 1.29 is 9.59 Å². The number of piperidine rings is 1. The number of amides is 2. The third-order valence-corrected chi connectivity index (χ3v) is 6.00. The van der Waals surface area contributed by atoms with E-state index in [0.29, 0.717) is 19.4 Å². The molecule has 1 heterocycles. The van der Waals surface area contributed by atoms with Crippen molar-refractivity contribution in [2.75, 3.05) is 13.1 Å². The van der Waals surface area contributed by atoms with Gasteiger partial charge in [-0.05, 0) is 48.8 Å². The van der Waals surface area contributed by atoms with Crippen LogP contribution in [0.1, 0.15) is 36.0 Å². The van der Waals surface area contributed by atoms with Gasteiger partial charge >= 0.3 is 0 Å². The summed E-state index contributed by atoms with van der Waals surface area (Å²) in [6.45, 7) is 1.28. The molecule has 1 aliphatic heterocycles. The molecule has 1 aliphatic carbocycles. The van der Waals surface area contributed by atoms with E-state index in [4.69, 9.17) is 0 Å². The molecule has 0 unspecified atom stereocenters. The Morgan fingerprint density at radius 3 is 2.39 bits per heavy atom. The number of nitrogens with zero attached hydrogens (tertiary/aromatic N) is 1. The van der Waals surface area contributed by atoms with Gasteiger partial charge in [0, 0.05) is 25.6 Å². The van der Waals surface area contributed by atoms with Crippen LogP contribution in [0.25, 0.3) is 0 Å². The van der Waals surface area contributed by atoms with Crippen LogP contribution in [0.4, 0.5) is 0 Å². The van der Waals surface area contributed by atoms with E-state index in [1.807, 2.05) is 23.1 Å². The fourth-order valence-electron chi connectivity index (χ4n) is 4.44. The predicted octanol–water partition coefficient (Wildman–Crippen LogP) is 3.14.